The van der Waals surface area contributed by atoms with E-state index in [0.29, 0.717) is 17.6 Å². The SMILES string of the molecule is CC(C)N(C(=O)Cn1nnc(-c2ccco2)n1)C1CCCCC1. The van der Waals surface area contributed by atoms with Gasteiger partial charge in [0, 0.05) is 12.1 Å². The van der Waals surface area contributed by atoms with Crippen molar-refractivity contribution in [3.63, 3.8) is 0 Å². The normalized spacial score (nSPS) is 16.0. The maximum Gasteiger partial charge on any atom is 0.246 e. The van der Waals surface area contributed by atoms with Gasteiger partial charge in [-0.3, -0.25) is 4.79 Å². The molecule has 0 radical (unpaired) electrons. The van der Waals surface area contributed by atoms with E-state index < -0.39 is 0 Å². The molecule has 23 heavy (non-hydrogen) atoms. The van der Waals surface area contributed by atoms with Crippen LogP contribution in [0.1, 0.15) is 46.0 Å². The number of rotatable bonds is 5. The molecule has 0 atom stereocenters. The summed E-state index contributed by atoms with van der Waals surface area (Å²) in [5.74, 6) is 1.00. The third-order valence-corrected chi connectivity index (χ3v) is 4.28. The Morgan fingerprint density at radius 2 is 2.17 bits per heavy atom. The van der Waals surface area contributed by atoms with Crippen LogP contribution in [0.4, 0.5) is 0 Å². The van der Waals surface area contributed by atoms with E-state index in [2.05, 4.69) is 29.3 Å². The van der Waals surface area contributed by atoms with E-state index in [1.165, 1.54) is 24.1 Å². The van der Waals surface area contributed by atoms with Crippen LogP contribution in [0.2, 0.25) is 0 Å². The quantitative estimate of drug-likeness (QED) is 0.846. The number of tetrazole rings is 1. The maximum atomic E-state index is 12.7. The second kappa shape index (κ2) is 6.93. The molecule has 0 bridgehead atoms. The third-order valence-electron chi connectivity index (χ3n) is 4.28. The van der Waals surface area contributed by atoms with Gasteiger partial charge in [0.25, 0.3) is 0 Å². The highest BCUT2D eigenvalue weighted by atomic mass is 16.3. The predicted molar refractivity (Wildman–Crippen MR) is 84.4 cm³/mol. The van der Waals surface area contributed by atoms with Gasteiger partial charge in [0.2, 0.25) is 11.7 Å². The predicted octanol–water partition coefficient (Wildman–Crippen LogP) is 2.50. The fraction of sp³-hybridized carbons (Fsp3) is 0.625. The molecule has 2 aromatic heterocycles. The summed E-state index contributed by atoms with van der Waals surface area (Å²) in [6.45, 7) is 4.24. The smallest absolute Gasteiger partial charge is 0.246 e. The second-order valence-electron chi connectivity index (χ2n) is 6.31. The molecule has 0 aliphatic heterocycles. The molecule has 3 rings (SSSR count). The van der Waals surface area contributed by atoms with Crippen LogP contribution in [-0.2, 0) is 11.3 Å². The second-order valence-corrected chi connectivity index (χ2v) is 6.31. The molecule has 0 saturated heterocycles. The lowest BCUT2D eigenvalue weighted by Gasteiger charge is -2.37. The fourth-order valence-electron chi connectivity index (χ4n) is 3.29. The van der Waals surface area contributed by atoms with Gasteiger partial charge in [-0.2, -0.15) is 4.80 Å². The molecule has 1 fully saturated rings. The molecular weight excluding hydrogens is 294 g/mol. The molecule has 1 aliphatic rings. The Bertz CT molecular complexity index is 629. The lowest BCUT2D eigenvalue weighted by atomic mass is 9.93. The van der Waals surface area contributed by atoms with Gasteiger partial charge in [-0.1, -0.05) is 19.3 Å². The van der Waals surface area contributed by atoms with E-state index >= 15 is 0 Å². The maximum absolute atomic E-state index is 12.7. The molecule has 2 heterocycles. The van der Waals surface area contributed by atoms with Gasteiger partial charge < -0.3 is 9.32 Å². The molecule has 124 valence electrons. The van der Waals surface area contributed by atoms with E-state index in [1.54, 1.807) is 18.4 Å². The van der Waals surface area contributed by atoms with Gasteiger partial charge in [0.05, 0.1) is 6.26 Å². The van der Waals surface area contributed by atoms with Crippen molar-refractivity contribution in [3.05, 3.63) is 18.4 Å². The Morgan fingerprint density at radius 3 is 2.83 bits per heavy atom. The summed E-state index contributed by atoms with van der Waals surface area (Å²) in [4.78, 5) is 16.1. The molecule has 1 aliphatic carbocycles. The highest BCUT2D eigenvalue weighted by Crippen LogP contribution is 2.24. The van der Waals surface area contributed by atoms with Crippen LogP contribution >= 0.6 is 0 Å². The lowest BCUT2D eigenvalue weighted by molar-refractivity contribution is -0.137. The number of furan rings is 1. The van der Waals surface area contributed by atoms with Crippen molar-refractivity contribution in [2.24, 2.45) is 0 Å². The lowest BCUT2D eigenvalue weighted by Crippen LogP contribution is -2.47. The Labute approximate surface area is 135 Å². The Hall–Kier alpha value is -2.18. The van der Waals surface area contributed by atoms with Crippen molar-refractivity contribution in [2.75, 3.05) is 0 Å². The standard InChI is InChI=1S/C16H23N5O2/c1-12(2)21(13-7-4-3-5-8-13)15(22)11-20-18-16(17-19-20)14-9-6-10-23-14/h6,9-10,12-13H,3-5,7-8,11H2,1-2H3. The van der Waals surface area contributed by atoms with Gasteiger partial charge in [-0.25, -0.2) is 0 Å². The molecule has 7 heteroatoms. The van der Waals surface area contributed by atoms with Gasteiger partial charge in [-0.05, 0) is 44.0 Å². The molecule has 0 N–H and O–H groups in total. The van der Waals surface area contributed by atoms with E-state index in [0.717, 1.165) is 12.8 Å². The van der Waals surface area contributed by atoms with E-state index in [-0.39, 0.29) is 18.5 Å². The summed E-state index contributed by atoms with van der Waals surface area (Å²) in [7, 11) is 0. The highest BCUT2D eigenvalue weighted by Gasteiger charge is 2.28. The van der Waals surface area contributed by atoms with E-state index in [1.807, 2.05) is 4.90 Å². The molecule has 1 amide bonds. The topological polar surface area (TPSA) is 77.0 Å². The number of hydrogen-bond acceptors (Lipinski definition) is 5. The zero-order valence-electron chi connectivity index (χ0n) is 13.7. The first-order valence-electron chi connectivity index (χ1n) is 8.28. The summed E-state index contributed by atoms with van der Waals surface area (Å²) in [5.41, 5.74) is 0. The first-order chi connectivity index (χ1) is 11.1. The minimum Gasteiger partial charge on any atom is -0.461 e. The number of nitrogens with zero attached hydrogens (tertiary/aromatic N) is 5. The molecule has 0 spiro atoms. The summed E-state index contributed by atoms with van der Waals surface area (Å²) in [6.07, 6.45) is 7.41. The van der Waals surface area contributed by atoms with Crippen LogP contribution in [-0.4, -0.2) is 43.1 Å². The number of carbonyl (C=O) groups is 1. The highest BCUT2D eigenvalue weighted by molar-refractivity contribution is 5.76. The Balaban J connectivity index is 1.69. The van der Waals surface area contributed by atoms with Crippen LogP contribution in [0.3, 0.4) is 0 Å². The average molecular weight is 317 g/mol. The van der Waals surface area contributed by atoms with Crippen molar-refractivity contribution in [1.29, 1.82) is 0 Å². The molecule has 0 unspecified atom stereocenters. The number of amides is 1. The zero-order valence-corrected chi connectivity index (χ0v) is 13.7. The Kier molecular flexibility index (Phi) is 4.73. The van der Waals surface area contributed by atoms with Crippen LogP contribution < -0.4 is 0 Å². The van der Waals surface area contributed by atoms with E-state index in [4.69, 9.17) is 4.42 Å². The number of carbonyl (C=O) groups excluding carboxylic acids is 1. The van der Waals surface area contributed by atoms with Gasteiger partial charge in [0.15, 0.2) is 5.76 Å². The van der Waals surface area contributed by atoms with Crippen molar-refractivity contribution >= 4 is 5.91 Å². The van der Waals surface area contributed by atoms with Crippen LogP contribution in [0.25, 0.3) is 11.6 Å². The van der Waals surface area contributed by atoms with Crippen molar-refractivity contribution < 1.29 is 9.21 Å². The summed E-state index contributed by atoms with van der Waals surface area (Å²) in [6, 6.07) is 4.05. The zero-order chi connectivity index (χ0) is 16.2. The summed E-state index contributed by atoms with van der Waals surface area (Å²) in [5, 5.41) is 12.1. The summed E-state index contributed by atoms with van der Waals surface area (Å²) >= 11 is 0. The molecule has 0 aromatic carbocycles. The van der Waals surface area contributed by atoms with Crippen LogP contribution in [0.15, 0.2) is 22.8 Å². The Morgan fingerprint density at radius 1 is 1.39 bits per heavy atom. The molecule has 2 aromatic rings. The average Bonchev–Trinajstić information content (AvgIpc) is 3.19. The van der Waals surface area contributed by atoms with Gasteiger partial charge in [0.1, 0.15) is 6.54 Å². The monoisotopic (exact) mass is 317 g/mol. The van der Waals surface area contributed by atoms with Crippen LogP contribution in [0, 0.1) is 0 Å². The fourth-order valence-corrected chi connectivity index (χ4v) is 3.29. The van der Waals surface area contributed by atoms with Crippen molar-refractivity contribution in [1.82, 2.24) is 25.1 Å². The summed E-state index contributed by atoms with van der Waals surface area (Å²) < 4.78 is 5.25. The van der Waals surface area contributed by atoms with Gasteiger partial charge >= 0.3 is 0 Å². The third kappa shape index (κ3) is 3.60. The largest absolute Gasteiger partial charge is 0.461 e. The number of aromatic nitrogens is 4. The van der Waals surface area contributed by atoms with Crippen molar-refractivity contribution in [3.8, 4) is 11.6 Å². The van der Waals surface area contributed by atoms with Crippen LogP contribution in [0.5, 0.6) is 0 Å². The molecular formula is C16H23N5O2. The minimum atomic E-state index is 0.0512. The minimum absolute atomic E-state index is 0.0512. The number of hydrogen-bond donors (Lipinski definition) is 0. The van der Waals surface area contributed by atoms with E-state index in [9.17, 15) is 4.79 Å². The molecule has 7 nitrogen and oxygen atoms in total. The first-order valence-corrected chi connectivity index (χ1v) is 8.28. The first kappa shape index (κ1) is 15.7. The molecule has 1 saturated carbocycles. The van der Waals surface area contributed by atoms with Gasteiger partial charge in [-0.15, -0.1) is 10.2 Å². The van der Waals surface area contributed by atoms with Crippen molar-refractivity contribution in [2.45, 2.75) is 64.6 Å².